The number of nitrogens with one attached hydrogen (secondary N) is 3. The summed E-state index contributed by atoms with van der Waals surface area (Å²) in [5.74, 6) is 0.401. The van der Waals surface area contributed by atoms with E-state index in [1.54, 1.807) is 6.20 Å². The molecular weight excluding hydrogens is 300 g/mol. The predicted molar refractivity (Wildman–Crippen MR) is 87.2 cm³/mol. The second-order valence-corrected chi connectivity index (χ2v) is 6.00. The highest BCUT2D eigenvalue weighted by Crippen LogP contribution is 2.26. The number of H-pyrrole nitrogens is 1. The summed E-state index contributed by atoms with van der Waals surface area (Å²) in [6.07, 6.45) is 3.89. The third-order valence-corrected chi connectivity index (χ3v) is 4.22. The molecule has 22 heavy (non-hydrogen) atoms. The third-order valence-electron chi connectivity index (χ3n) is 3.97. The van der Waals surface area contributed by atoms with Crippen LogP contribution in [0.2, 0.25) is 5.02 Å². The van der Waals surface area contributed by atoms with Crippen molar-refractivity contribution >= 4 is 23.2 Å². The lowest BCUT2D eigenvalue weighted by Crippen LogP contribution is -2.15. The number of carbonyl (C=O) groups is 1. The van der Waals surface area contributed by atoms with E-state index >= 15 is 0 Å². The van der Waals surface area contributed by atoms with Gasteiger partial charge in [0.1, 0.15) is 0 Å². The van der Waals surface area contributed by atoms with Crippen molar-refractivity contribution in [2.24, 2.45) is 0 Å². The Hall–Kier alpha value is -1.85. The highest BCUT2D eigenvalue weighted by Gasteiger charge is 2.22. The smallest absolute Gasteiger partial charge is 0.224 e. The van der Waals surface area contributed by atoms with Crippen LogP contribution in [0.5, 0.6) is 0 Å². The molecular formula is C16H19ClN4O. The second-order valence-electron chi connectivity index (χ2n) is 5.56. The van der Waals surface area contributed by atoms with E-state index in [2.05, 4.69) is 20.8 Å². The van der Waals surface area contributed by atoms with Crippen LogP contribution in [0.3, 0.4) is 0 Å². The predicted octanol–water partition coefficient (Wildman–Crippen LogP) is 2.71. The maximum atomic E-state index is 12.1. The Morgan fingerprint density at radius 1 is 1.36 bits per heavy atom. The Balaban J connectivity index is 1.55. The van der Waals surface area contributed by atoms with Crippen LogP contribution in [0.25, 0.3) is 0 Å². The average Bonchev–Trinajstić information content (AvgIpc) is 3.17. The number of aromatic nitrogens is 2. The average molecular weight is 319 g/mol. The summed E-state index contributed by atoms with van der Waals surface area (Å²) in [4.78, 5) is 12.1. The van der Waals surface area contributed by atoms with E-state index in [-0.39, 0.29) is 5.91 Å². The summed E-state index contributed by atoms with van der Waals surface area (Å²) in [7, 11) is 0. The lowest BCUT2D eigenvalue weighted by molar-refractivity contribution is -0.116. The van der Waals surface area contributed by atoms with Crippen molar-refractivity contribution in [1.82, 2.24) is 15.5 Å². The summed E-state index contributed by atoms with van der Waals surface area (Å²) in [5.41, 5.74) is 2.92. The number of aryl methyl sites for hydroxylation is 1. The zero-order chi connectivity index (χ0) is 15.4. The number of nitrogens with zero attached hydrogens (tertiary/aromatic N) is 1. The normalized spacial score (nSPS) is 17.6. The first-order valence-electron chi connectivity index (χ1n) is 7.50. The van der Waals surface area contributed by atoms with Crippen LogP contribution >= 0.6 is 11.6 Å². The molecule has 1 fully saturated rings. The number of hydrogen-bond acceptors (Lipinski definition) is 3. The first kappa shape index (κ1) is 15.1. The molecule has 5 nitrogen and oxygen atoms in total. The number of hydrogen-bond donors (Lipinski definition) is 3. The SMILES string of the molecule is O=C(CCc1ccc(Cl)cc1)Nc1cn[nH]c1C1CCNC1. The summed E-state index contributed by atoms with van der Waals surface area (Å²) < 4.78 is 0. The molecule has 1 unspecified atom stereocenters. The molecule has 0 spiro atoms. The van der Waals surface area contributed by atoms with Crippen LogP contribution in [-0.4, -0.2) is 29.2 Å². The molecule has 1 aliphatic heterocycles. The number of aromatic amines is 1. The molecule has 2 aromatic rings. The van der Waals surface area contributed by atoms with Crippen molar-refractivity contribution in [3.8, 4) is 0 Å². The number of rotatable bonds is 5. The van der Waals surface area contributed by atoms with E-state index in [1.807, 2.05) is 24.3 Å². The van der Waals surface area contributed by atoms with Crippen LogP contribution < -0.4 is 10.6 Å². The number of carbonyl (C=O) groups excluding carboxylic acids is 1. The van der Waals surface area contributed by atoms with Crippen molar-refractivity contribution in [2.45, 2.75) is 25.2 Å². The number of benzene rings is 1. The van der Waals surface area contributed by atoms with Crippen LogP contribution in [0.15, 0.2) is 30.5 Å². The molecule has 0 bridgehead atoms. The van der Waals surface area contributed by atoms with Crippen LogP contribution in [0.1, 0.15) is 30.0 Å². The molecule has 6 heteroatoms. The molecule has 1 aromatic heterocycles. The standard InChI is InChI=1S/C16H19ClN4O/c17-13-4-1-11(2-5-13)3-6-15(22)20-14-10-19-21-16(14)12-7-8-18-9-12/h1-2,4-5,10,12,18H,3,6-9H2,(H,19,21)(H,20,22). The lowest BCUT2D eigenvalue weighted by atomic mass is 10.0. The van der Waals surface area contributed by atoms with Crippen molar-refractivity contribution in [1.29, 1.82) is 0 Å². The van der Waals surface area contributed by atoms with Gasteiger partial charge in [-0.05, 0) is 37.1 Å². The summed E-state index contributed by atoms with van der Waals surface area (Å²) >= 11 is 5.85. The fourth-order valence-corrected chi connectivity index (χ4v) is 2.86. The van der Waals surface area contributed by atoms with Gasteiger partial charge in [-0.1, -0.05) is 23.7 Å². The van der Waals surface area contributed by atoms with Crippen molar-refractivity contribution in [2.75, 3.05) is 18.4 Å². The minimum absolute atomic E-state index is 0.00329. The van der Waals surface area contributed by atoms with Gasteiger partial charge in [-0.3, -0.25) is 9.89 Å². The van der Waals surface area contributed by atoms with Gasteiger partial charge in [0.15, 0.2) is 0 Å². The molecule has 0 aliphatic carbocycles. The summed E-state index contributed by atoms with van der Waals surface area (Å²) in [6, 6.07) is 7.58. The van der Waals surface area contributed by atoms with Crippen LogP contribution in [0, 0.1) is 0 Å². The van der Waals surface area contributed by atoms with Gasteiger partial charge in [-0.2, -0.15) is 5.10 Å². The zero-order valence-electron chi connectivity index (χ0n) is 12.2. The Bertz CT molecular complexity index is 632. The topological polar surface area (TPSA) is 69.8 Å². The van der Waals surface area contributed by atoms with Crippen molar-refractivity contribution in [3.63, 3.8) is 0 Å². The van der Waals surface area contributed by atoms with Gasteiger partial charge in [-0.15, -0.1) is 0 Å². The summed E-state index contributed by atoms with van der Waals surface area (Å²) in [6.45, 7) is 1.93. The van der Waals surface area contributed by atoms with E-state index in [1.165, 1.54) is 0 Å². The summed E-state index contributed by atoms with van der Waals surface area (Å²) in [5, 5.41) is 14.1. The second kappa shape index (κ2) is 6.94. The largest absolute Gasteiger partial charge is 0.323 e. The fraction of sp³-hybridized carbons (Fsp3) is 0.375. The molecule has 3 N–H and O–H groups in total. The van der Waals surface area contributed by atoms with E-state index < -0.39 is 0 Å². The van der Waals surface area contributed by atoms with E-state index in [0.717, 1.165) is 36.5 Å². The maximum absolute atomic E-state index is 12.1. The molecule has 1 atom stereocenters. The first-order valence-corrected chi connectivity index (χ1v) is 7.88. The molecule has 1 amide bonds. The number of anilines is 1. The zero-order valence-corrected chi connectivity index (χ0v) is 13.0. The Labute approximate surface area is 134 Å². The minimum atomic E-state index is 0.00329. The molecule has 1 aliphatic rings. The minimum Gasteiger partial charge on any atom is -0.323 e. The Morgan fingerprint density at radius 3 is 2.91 bits per heavy atom. The number of halogens is 1. The van der Waals surface area contributed by atoms with Gasteiger partial charge in [-0.25, -0.2) is 0 Å². The molecule has 1 aromatic carbocycles. The quantitative estimate of drug-likeness (QED) is 0.794. The van der Waals surface area contributed by atoms with E-state index in [9.17, 15) is 4.79 Å². The third kappa shape index (κ3) is 3.67. The van der Waals surface area contributed by atoms with Crippen LogP contribution in [-0.2, 0) is 11.2 Å². The van der Waals surface area contributed by atoms with Gasteiger partial charge >= 0.3 is 0 Å². The van der Waals surface area contributed by atoms with Crippen LogP contribution in [0.4, 0.5) is 5.69 Å². The van der Waals surface area contributed by atoms with E-state index in [0.29, 0.717) is 23.8 Å². The number of amides is 1. The van der Waals surface area contributed by atoms with Crippen molar-refractivity contribution in [3.05, 3.63) is 46.7 Å². The molecule has 3 rings (SSSR count). The molecule has 0 radical (unpaired) electrons. The van der Waals surface area contributed by atoms with Gasteiger partial charge in [0, 0.05) is 23.9 Å². The fourth-order valence-electron chi connectivity index (χ4n) is 2.73. The molecule has 2 heterocycles. The monoisotopic (exact) mass is 318 g/mol. The highest BCUT2D eigenvalue weighted by atomic mass is 35.5. The maximum Gasteiger partial charge on any atom is 0.224 e. The first-order chi connectivity index (χ1) is 10.7. The Morgan fingerprint density at radius 2 is 2.18 bits per heavy atom. The van der Waals surface area contributed by atoms with Gasteiger partial charge < -0.3 is 10.6 Å². The molecule has 0 saturated carbocycles. The highest BCUT2D eigenvalue weighted by molar-refractivity contribution is 6.30. The van der Waals surface area contributed by atoms with Crippen molar-refractivity contribution < 1.29 is 4.79 Å². The molecule has 1 saturated heterocycles. The molecule has 116 valence electrons. The van der Waals surface area contributed by atoms with Gasteiger partial charge in [0.2, 0.25) is 5.91 Å². The van der Waals surface area contributed by atoms with Gasteiger partial charge in [0.25, 0.3) is 0 Å². The lowest BCUT2D eigenvalue weighted by Gasteiger charge is -2.10. The Kier molecular flexibility index (Phi) is 4.75. The van der Waals surface area contributed by atoms with E-state index in [4.69, 9.17) is 11.6 Å². The van der Waals surface area contributed by atoms with Gasteiger partial charge in [0.05, 0.1) is 17.6 Å².